The summed E-state index contributed by atoms with van der Waals surface area (Å²) in [5.41, 5.74) is 1.74. The molecule has 2 saturated heterocycles. The van der Waals surface area contributed by atoms with E-state index in [2.05, 4.69) is 11.8 Å². The first-order valence-electron chi connectivity index (χ1n) is 11.9. The number of hydrogen-bond acceptors (Lipinski definition) is 5. The Labute approximate surface area is 203 Å². The van der Waals surface area contributed by atoms with E-state index < -0.39 is 5.60 Å². The van der Waals surface area contributed by atoms with E-state index in [1.807, 2.05) is 43.7 Å². The highest BCUT2D eigenvalue weighted by Crippen LogP contribution is 2.40. The summed E-state index contributed by atoms with van der Waals surface area (Å²) in [7, 11) is 0. The van der Waals surface area contributed by atoms with Crippen molar-refractivity contribution in [2.24, 2.45) is 0 Å². The van der Waals surface area contributed by atoms with Crippen LogP contribution in [0, 0.1) is 5.82 Å². The standard InChI is InChI=1S/C26H30FN5O3/c1-17-15-29(25(34)35-26(2,3)4)12-13-30(17)24-23-20(8-10-28-24)32(19-7-5-6-18(27)14-19)16-21(23)31-11-9-22(31)33/h5-8,10,14,16-17H,9,11-13,15H2,1-4H3. The van der Waals surface area contributed by atoms with Gasteiger partial charge in [0.25, 0.3) is 0 Å². The average molecular weight is 480 g/mol. The second kappa shape index (κ2) is 8.55. The van der Waals surface area contributed by atoms with Gasteiger partial charge in [0, 0.05) is 56.7 Å². The molecule has 2 fully saturated rings. The first kappa shape index (κ1) is 23.1. The van der Waals surface area contributed by atoms with Gasteiger partial charge < -0.3 is 24.0 Å². The molecule has 4 heterocycles. The first-order chi connectivity index (χ1) is 16.6. The van der Waals surface area contributed by atoms with Gasteiger partial charge in [-0.2, -0.15) is 0 Å². The highest BCUT2D eigenvalue weighted by molar-refractivity contribution is 6.11. The molecule has 2 aromatic heterocycles. The lowest BCUT2D eigenvalue weighted by atomic mass is 10.1. The van der Waals surface area contributed by atoms with Crippen molar-refractivity contribution in [1.82, 2.24) is 14.5 Å². The molecule has 0 bridgehead atoms. The maximum atomic E-state index is 14.0. The third-order valence-corrected chi connectivity index (χ3v) is 6.45. The Morgan fingerprint density at radius 1 is 1.17 bits per heavy atom. The number of nitrogens with zero attached hydrogens (tertiary/aromatic N) is 5. The largest absolute Gasteiger partial charge is 0.444 e. The molecule has 0 radical (unpaired) electrons. The van der Waals surface area contributed by atoms with Gasteiger partial charge in [0.15, 0.2) is 0 Å². The maximum Gasteiger partial charge on any atom is 0.410 e. The quantitative estimate of drug-likeness (QED) is 0.523. The number of piperazine rings is 1. The Morgan fingerprint density at radius 2 is 1.97 bits per heavy atom. The third-order valence-electron chi connectivity index (χ3n) is 6.45. The number of β-lactam (4-membered cyclic amide) rings is 1. The highest BCUT2D eigenvalue weighted by Gasteiger charge is 2.34. The number of ether oxygens (including phenoxy) is 1. The molecular formula is C26H30FN5O3. The van der Waals surface area contributed by atoms with Gasteiger partial charge in [-0.15, -0.1) is 0 Å². The zero-order valence-corrected chi connectivity index (χ0v) is 20.5. The summed E-state index contributed by atoms with van der Waals surface area (Å²) in [5.74, 6) is 0.483. The molecule has 1 unspecified atom stereocenters. The lowest BCUT2D eigenvalue weighted by Gasteiger charge is -2.41. The number of aromatic nitrogens is 2. The summed E-state index contributed by atoms with van der Waals surface area (Å²) in [6.45, 7) is 9.83. The van der Waals surface area contributed by atoms with E-state index in [0.29, 0.717) is 38.3 Å². The fraction of sp³-hybridized carbons (Fsp3) is 0.423. The molecule has 0 N–H and O–H groups in total. The van der Waals surface area contributed by atoms with E-state index in [4.69, 9.17) is 9.72 Å². The van der Waals surface area contributed by atoms with Gasteiger partial charge in [0.2, 0.25) is 5.91 Å². The first-order valence-corrected chi connectivity index (χ1v) is 11.9. The van der Waals surface area contributed by atoms with Crippen LogP contribution in [0.2, 0.25) is 0 Å². The van der Waals surface area contributed by atoms with Crippen LogP contribution in [0.5, 0.6) is 0 Å². The number of pyridine rings is 1. The normalized spacial score (nSPS) is 18.7. The number of anilines is 2. The Balaban J connectivity index is 1.54. The van der Waals surface area contributed by atoms with Crippen molar-refractivity contribution in [3.05, 3.63) is 48.5 Å². The van der Waals surface area contributed by atoms with Crippen LogP contribution in [0.1, 0.15) is 34.1 Å². The number of fused-ring (bicyclic) bond motifs is 1. The van der Waals surface area contributed by atoms with Gasteiger partial charge in [0.05, 0.1) is 16.6 Å². The van der Waals surface area contributed by atoms with E-state index in [1.165, 1.54) is 12.1 Å². The molecule has 1 aromatic carbocycles. The minimum absolute atomic E-state index is 0.0215. The fourth-order valence-electron chi connectivity index (χ4n) is 4.74. The van der Waals surface area contributed by atoms with Gasteiger partial charge in [-0.25, -0.2) is 14.2 Å². The lowest BCUT2D eigenvalue weighted by molar-refractivity contribution is -0.122. The second-order valence-corrected chi connectivity index (χ2v) is 10.2. The van der Waals surface area contributed by atoms with Crippen LogP contribution in [-0.4, -0.2) is 64.3 Å². The molecule has 5 rings (SSSR count). The fourth-order valence-corrected chi connectivity index (χ4v) is 4.74. The molecule has 8 nitrogen and oxygen atoms in total. The monoisotopic (exact) mass is 479 g/mol. The molecule has 3 aromatic rings. The van der Waals surface area contributed by atoms with Crippen molar-refractivity contribution >= 4 is 34.4 Å². The molecule has 2 aliphatic heterocycles. The van der Waals surface area contributed by atoms with E-state index >= 15 is 0 Å². The summed E-state index contributed by atoms with van der Waals surface area (Å²) in [4.78, 5) is 35.4. The van der Waals surface area contributed by atoms with Gasteiger partial charge >= 0.3 is 6.09 Å². The molecule has 184 valence electrons. The Kier molecular flexibility index (Phi) is 5.65. The topological polar surface area (TPSA) is 70.9 Å². The number of halogens is 1. The number of carbonyl (C=O) groups is 2. The summed E-state index contributed by atoms with van der Waals surface area (Å²) in [5, 5.41) is 0.849. The molecule has 0 spiro atoms. The van der Waals surface area contributed by atoms with Crippen LogP contribution in [-0.2, 0) is 9.53 Å². The number of hydrogen-bond donors (Lipinski definition) is 0. The second-order valence-electron chi connectivity index (χ2n) is 10.2. The Bertz CT molecular complexity index is 1300. The van der Waals surface area contributed by atoms with E-state index in [9.17, 15) is 14.0 Å². The number of rotatable bonds is 3. The van der Waals surface area contributed by atoms with Crippen molar-refractivity contribution in [3.63, 3.8) is 0 Å². The Morgan fingerprint density at radius 3 is 2.60 bits per heavy atom. The summed E-state index contributed by atoms with van der Waals surface area (Å²) < 4.78 is 21.5. The van der Waals surface area contributed by atoms with Crippen molar-refractivity contribution in [2.45, 2.75) is 45.8 Å². The van der Waals surface area contributed by atoms with Crippen LogP contribution in [0.3, 0.4) is 0 Å². The van der Waals surface area contributed by atoms with E-state index in [0.717, 1.165) is 22.4 Å². The zero-order valence-electron chi connectivity index (χ0n) is 20.5. The molecule has 9 heteroatoms. The molecule has 2 aliphatic rings. The lowest BCUT2D eigenvalue weighted by Crippen LogP contribution is -2.55. The van der Waals surface area contributed by atoms with Crippen LogP contribution >= 0.6 is 0 Å². The smallest absolute Gasteiger partial charge is 0.410 e. The maximum absolute atomic E-state index is 14.0. The van der Waals surface area contributed by atoms with Crippen LogP contribution in [0.25, 0.3) is 16.6 Å². The molecule has 0 aliphatic carbocycles. The zero-order chi connectivity index (χ0) is 24.9. The van der Waals surface area contributed by atoms with Gasteiger partial charge in [-0.05, 0) is 52.0 Å². The van der Waals surface area contributed by atoms with Crippen LogP contribution in [0.4, 0.5) is 20.7 Å². The minimum atomic E-state index is -0.552. The van der Waals surface area contributed by atoms with Crippen molar-refractivity contribution in [1.29, 1.82) is 0 Å². The third kappa shape index (κ3) is 4.31. The van der Waals surface area contributed by atoms with E-state index in [1.54, 1.807) is 22.1 Å². The highest BCUT2D eigenvalue weighted by atomic mass is 19.1. The summed E-state index contributed by atoms with van der Waals surface area (Å²) in [6, 6.07) is 8.26. The number of benzene rings is 1. The van der Waals surface area contributed by atoms with Crippen molar-refractivity contribution in [3.8, 4) is 5.69 Å². The van der Waals surface area contributed by atoms with Crippen LogP contribution < -0.4 is 9.80 Å². The SMILES string of the molecule is CC1CN(C(=O)OC(C)(C)C)CCN1c1nccc2c1c(N1CCC1=O)cn2-c1cccc(F)c1. The molecular weight excluding hydrogens is 449 g/mol. The summed E-state index contributed by atoms with van der Waals surface area (Å²) in [6.07, 6.45) is 3.82. The minimum Gasteiger partial charge on any atom is -0.444 e. The molecule has 2 amide bonds. The van der Waals surface area contributed by atoms with Gasteiger partial charge in [0.1, 0.15) is 17.2 Å². The van der Waals surface area contributed by atoms with Crippen molar-refractivity contribution < 1.29 is 18.7 Å². The Hall–Kier alpha value is -3.62. The van der Waals surface area contributed by atoms with Crippen molar-refractivity contribution in [2.75, 3.05) is 36.0 Å². The predicted molar refractivity (Wildman–Crippen MR) is 133 cm³/mol. The molecule has 35 heavy (non-hydrogen) atoms. The van der Waals surface area contributed by atoms with Crippen LogP contribution in [0.15, 0.2) is 42.7 Å². The van der Waals surface area contributed by atoms with E-state index in [-0.39, 0.29) is 23.9 Å². The number of carbonyl (C=O) groups excluding carboxylic acids is 2. The predicted octanol–water partition coefficient (Wildman–Crippen LogP) is 4.35. The average Bonchev–Trinajstić information content (AvgIpc) is 3.16. The molecule has 1 atom stereocenters. The van der Waals surface area contributed by atoms with Gasteiger partial charge in [-0.3, -0.25) is 4.79 Å². The number of amides is 2. The molecule has 0 saturated carbocycles. The summed E-state index contributed by atoms with van der Waals surface area (Å²) >= 11 is 0. The van der Waals surface area contributed by atoms with Gasteiger partial charge in [-0.1, -0.05) is 6.07 Å².